The Morgan fingerprint density at radius 2 is 2.04 bits per heavy atom. The monoisotopic (exact) mass is 393 g/mol. The fourth-order valence-corrected chi connectivity index (χ4v) is 3.75. The van der Waals surface area contributed by atoms with Crippen LogP contribution >= 0.6 is 22.9 Å². The number of aromatic nitrogens is 2. The predicted molar refractivity (Wildman–Crippen MR) is 103 cm³/mol. The van der Waals surface area contributed by atoms with Crippen LogP contribution in [0, 0.1) is 0 Å². The fourth-order valence-electron chi connectivity index (χ4n) is 2.65. The summed E-state index contributed by atoms with van der Waals surface area (Å²) in [6.07, 6.45) is 0. The minimum Gasteiger partial charge on any atom is -0.495 e. The van der Waals surface area contributed by atoms with E-state index in [4.69, 9.17) is 16.3 Å². The van der Waals surface area contributed by atoms with Crippen LogP contribution in [-0.2, 0) is 17.9 Å². The SMILES string of the molecule is CCn1c(=O)c2sccc2n(CC(=O)Nc2ccc(OC)c(Cl)c2)c1=O. The maximum absolute atomic E-state index is 12.6. The number of thiophene rings is 1. The number of methoxy groups -OCH3 is 1. The lowest BCUT2D eigenvalue weighted by Crippen LogP contribution is -2.40. The molecule has 0 aliphatic carbocycles. The zero-order chi connectivity index (χ0) is 18.8. The van der Waals surface area contributed by atoms with Crippen LogP contribution < -0.4 is 21.3 Å². The Bertz CT molecular complexity index is 1100. The highest BCUT2D eigenvalue weighted by Gasteiger charge is 2.16. The Labute approximate surface area is 157 Å². The van der Waals surface area contributed by atoms with E-state index in [1.165, 1.54) is 23.0 Å². The number of ether oxygens (including phenoxy) is 1. The molecule has 0 radical (unpaired) electrons. The topological polar surface area (TPSA) is 82.3 Å². The third-order valence-corrected chi connectivity index (χ3v) is 5.08. The van der Waals surface area contributed by atoms with Gasteiger partial charge < -0.3 is 10.1 Å². The van der Waals surface area contributed by atoms with Crippen molar-refractivity contribution in [1.29, 1.82) is 0 Å². The molecule has 0 fully saturated rings. The molecular formula is C17H16ClN3O4S. The van der Waals surface area contributed by atoms with E-state index in [2.05, 4.69) is 5.32 Å². The highest BCUT2D eigenvalue weighted by molar-refractivity contribution is 7.17. The number of carbonyl (C=O) groups is 1. The minimum absolute atomic E-state index is 0.212. The quantitative estimate of drug-likeness (QED) is 0.722. The van der Waals surface area contributed by atoms with Gasteiger partial charge in [-0.15, -0.1) is 11.3 Å². The predicted octanol–water partition coefficient (Wildman–Crippen LogP) is 2.55. The molecule has 0 atom stereocenters. The molecule has 2 heterocycles. The summed E-state index contributed by atoms with van der Waals surface area (Å²) in [4.78, 5) is 37.3. The van der Waals surface area contributed by atoms with Crippen LogP contribution in [0.15, 0.2) is 39.2 Å². The van der Waals surface area contributed by atoms with Crippen molar-refractivity contribution < 1.29 is 9.53 Å². The zero-order valence-corrected chi connectivity index (χ0v) is 15.7. The summed E-state index contributed by atoms with van der Waals surface area (Å²) >= 11 is 7.30. The number of fused-ring (bicyclic) bond motifs is 1. The van der Waals surface area contributed by atoms with Crippen LogP contribution in [0.3, 0.4) is 0 Å². The largest absolute Gasteiger partial charge is 0.495 e. The number of carbonyl (C=O) groups excluding carboxylic acids is 1. The first-order chi connectivity index (χ1) is 12.5. The number of halogens is 1. The minimum atomic E-state index is -0.508. The number of rotatable bonds is 5. The molecule has 26 heavy (non-hydrogen) atoms. The Morgan fingerprint density at radius 3 is 2.69 bits per heavy atom. The molecule has 0 bridgehead atoms. The summed E-state index contributed by atoms with van der Waals surface area (Å²) in [5, 5.41) is 4.78. The molecule has 1 N–H and O–H groups in total. The van der Waals surface area contributed by atoms with Crippen LogP contribution in [0.25, 0.3) is 10.2 Å². The Balaban J connectivity index is 1.93. The van der Waals surface area contributed by atoms with Crippen LogP contribution in [0.2, 0.25) is 5.02 Å². The van der Waals surface area contributed by atoms with Gasteiger partial charge in [0.1, 0.15) is 17.0 Å². The van der Waals surface area contributed by atoms with E-state index in [9.17, 15) is 14.4 Å². The lowest BCUT2D eigenvalue weighted by atomic mass is 10.3. The summed E-state index contributed by atoms with van der Waals surface area (Å²) in [6.45, 7) is 1.74. The van der Waals surface area contributed by atoms with Gasteiger partial charge in [0.2, 0.25) is 5.91 Å². The van der Waals surface area contributed by atoms with Crippen LogP contribution in [0.4, 0.5) is 5.69 Å². The molecule has 0 aliphatic heterocycles. The molecule has 0 saturated carbocycles. The van der Waals surface area contributed by atoms with Crippen molar-refractivity contribution in [1.82, 2.24) is 9.13 Å². The van der Waals surface area contributed by atoms with Gasteiger partial charge in [0.15, 0.2) is 0 Å². The van der Waals surface area contributed by atoms with Crippen LogP contribution in [-0.4, -0.2) is 22.2 Å². The van der Waals surface area contributed by atoms with E-state index in [1.54, 1.807) is 36.6 Å². The Morgan fingerprint density at radius 1 is 1.27 bits per heavy atom. The van der Waals surface area contributed by atoms with Crippen molar-refractivity contribution >= 4 is 44.7 Å². The van der Waals surface area contributed by atoms with Gasteiger partial charge in [-0.05, 0) is 36.6 Å². The summed E-state index contributed by atoms with van der Waals surface area (Å²) in [5.74, 6) is 0.0954. The maximum Gasteiger partial charge on any atom is 0.331 e. The molecule has 7 nitrogen and oxygen atoms in total. The van der Waals surface area contributed by atoms with Gasteiger partial charge in [0.05, 0.1) is 17.6 Å². The number of nitrogens with one attached hydrogen (secondary N) is 1. The normalized spacial score (nSPS) is 10.9. The second-order valence-corrected chi connectivity index (χ2v) is 6.77. The van der Waals surface area contributed by atoms with Gasteiger partial charge in [-0.2, -0.15) is 0 Å². The summed E-state index contributed by atoms with van der Waals surface area (Å²) in [7, 11) is 1.50. The third kappa shape index (κ3) is 3.25. The fraction of sp³-hybridized carbons (Fsp3) is 0.235. The van der Waals surface area contributed by atoms with Crippen LogP contribution in [0.5, 0.6) is 5.75 Å². The molecule has 1 aromatic carbocycles. The Kier molecular flexibility index (Phi) is 5.15. The summed E-state index contributed by atoms with van der Waals surface area (Å²) in [6, 6.07) is 6.52. The van der Waals surface area contributed by atoms with E-state index in [1.807, 2.05) is 0 Å². The highest BCUT2D eigenvalue weighted by atomic mass is 35.5. The van der Waals surface area contributed by atoms with Crippen LogP contribution in [0.1, 0.15) is 6.92 Å². The first kappa shape index (κ1) is 18.2. The summed E-state index contributed by atoms with van der Waals surface area (Å²) < 4.78 is 7.95. The smallest absolute Gasteiger partial charge is 0.331 e. The second kappa shape index (κ2) is 7.35. The highest BCUT2D eigenvalue weighted by Crippen LogP contribution is 2.27. The summed E-state index contributed by atoms with van der Waals surface area (Å²) in [5.41, 5.74) is 0.101. The second-order valence-electron chi connectivity index (χ2n) is 5.45. The van der Waals surface area contributed by atoms with Gasteiger partial charge in [-0.1, -0.05) is 11.6 Å². The molecule has 0 spiro atoms. The zero-order valence-electron chi connectivity index (χ0n) is 14.1. The third-order valence-electron chi connectivity index (χ3n) is 3.89. The first-order valence-electron chi connectivity index (χ1n) is 7.80. The van der Waals surface area contributed by atoms with Crippen molar-refractivity contribution in [3.63, 3.8) is 0 Å². The van der Waals surface area contributed by atoms with Crippen molar-refractivity contribution in [3.05, 3.63) is 55.5 Å². The average Bonchev–Trinajstić information content (AvgIpc) is 3.09. The van der Waals surface area contributed by atoms with E-state index in [0.717, 1.165) is 4.57 Å². The van der Waals surface area contributed by atoms with Crippen molar-refractivity contribution in [3.8, 4) is 5.75 Å². The number of hydrogen-bond donors (Lipinski definition) is 1. The molecule has 0 saturated heterocycles. The number of nitrogens with zero attached hydrogens (tertiary/aromatic N) is 2. The number of benzene rings is 1. The molecule has 136 valence electrons. The first-order valence-corrected chi connectivity index (χ1v) is 9.06. The molecular weight excluding hydrogens is 378 g/mol. The number of hydrogen-bond acceptors (Lipinski definition) is 5. The van der Waals surface area contributed by atoms with Crippen molar-refractivity contribution in [2.45, 2.75) is 20.0 Å². The molecule has 0 unspecified atom stereocenters. The van der Waals surface area contributed by atoms with E-state index < -0.39 is 11.6 Å². The molecule has 0 aliphatic rings. The van der Waals surface area contributed by atoms with Crippen molar-refractivity contribution in [2.24, 2.45) is 0 Å². The lowest BCUT2D eigenvalue weighted by molar-refractivity contribution is -0.116. The van der Waals surface area contributed by atoms with E-state index >= 15 is 0 Å². The van der Waals surface area contributed by atoms with Crippen molar-refractivity contribution in [2.75, 3.05) is 12.4 Å². The maximum atomic E-state index is 12.6. The van der Waals surface area contributed by atoms with Gasteiger partial charge >= 0.3 is 5.69 Å². The van der Waals surface area contributed by atoms with Gasteiger partial charge in [-0.25, -0.2) is 4.79 Å². The average molecular weight is 394 g/mol. The van der Waals surface area contributed by atoms with Gasteiger partial charge in [0.25, 0.3) is 5.56 Å². The lowest BCUT2D eigenvalue weighted by Gasteiger charge is -2.12. The molecule has 2 aromatic heterocycles. The molecule has 3 aromatic rings. The van der Waals surface area contributed by atoms with Gasteiger partial charge in [-0.3, -0.25) is 18.7 Å². The molecule has 3 rings (SSSR count). The standard InChI is InChI=1S/C17H16ClN3O4S/c1-3-20-16(23)15-12(6-7-26-15)21(17(20)24)9-14(22)19-10-4-5-13(25-2)11(18)8-10/h4-8H,3,9H2,1-2H3,(H,19,22). The van der Waals surface area contributed by atoms with Gasteiger partial charge in [0, 0.05) is 12.2 Å². The number of amides is 1. The molecule has 1 amide bonds. The Hall–Kier alpha value is -2.58. The molecule has 9 heteroatoms. The van der Waals surface area contributed by atoms with E-state index in [0.29, 0.717) is 26.7 Å². The van der Waals surface area contributed by atoms with E-state index in [-0.39, 0.29) is 18.6 Å². The number of anilines is 1.